The molecule has 4 rings (SSSR count). The number of allylic oxidation sites excluding steroid dienone is 2. The third kappa shape index (κ3) is 4.23. The molecule has 2 amide bonds. The zero-order valence-electron chi connectivity index (χ0n) is 16.2. The number of likely N-dealkylation sites (tertiary alicyclic amines) is 1. The predicted octanol–water partition coefficient (Wildman–Crippen LogP) is -0.102. The third-order valence-electron chi connectivity index (χ3n) is 6.35. The molecule has 2 aliphatic heterocycles. The quantitative estimate of drug-likeness (QED) is 0.539. The number of halogens is 3. The first-order valence-electron chi connectivity index (χ1n) is 10.2. The van der Waals surface area contributed by atoms with Gasteiger partial charge in [0.1, 0.15) is 32.7 Å². The lowest BCUT2D eigenvalue weighted by Gasteiger charge is -2.31. The summed E-state index contributed by atoms with van der Waals surface area (Å²) in [6, 6.07) is 5.51. The van der Waals surface area contributed by atoms with Gasteiger partial charge in [0.05, 0.1) is 17.4 Å². The number of rotatable bonds is 4. The average Bonchev–Trinajstić information content (AvgIpc) is 2.94. The first-order chi connectivity index (χ1) is 13.8. The number of amides is 2. The van der Waals surface area contributed by atoms with Gasteiger partial charge in [0.2, 0.25) is 11.8 Å². The number of quaternary nitrogens is 2. The van der Waals surface area contributed by atoms with Crippen LogP contribution in [0.1, 0.15) is 24.0 Å². The van der Waals surface area contributed by atoms with Gasteiger partial charge in [-0.1, -0.05) is 24.3 Å². The summed E-state index contributed by atoms with van der Waals surface area (Å²) in [6.07, 6.45) is 0.943. The van der Waals surface area contributed by atoms with Crippen LogP contribution in [-0.2, 0) is 22.3 Å². The number of hydrogen-bond acceptors (Lipinski definition) is 2. The van der Waals surface area contributed by atoms with Gasteiger partial charge in [-0.15, -0.1) is 0 Å². The molecule has 29 heavy (non-hydrogen) atoms. The van der Waals surface area contributed by atoms with Crippen molar-refractivity contribution in [1.29, 1.82) is 0 Å². The predicted molar refractivity (Wildman–Crippen MR) is 98.6 cm³/mol. The summed E-state index contributed by atoms with van der Waals surface area (Å²) >= 11 is 0. The molecule has 2 saturated heterocycles. The number of hydrogen-bond donors (Lipinski definition) is 2. The maximum Gasteiger partial charge on any atom is 0.416 e. The second-order valence-corrected chi connectivity index (χ2v) is 8.29. The summed E-state index contributed by atoms with van der Waals surface area (Å²) in [7, 11) is 0. The maximum absolute atomic E-state index is 12.9. The lowest BCUT2D eigenvalue weighted by atomic mass is 9.85. The van der Waals surface area contributed by atoms with Gasteiger partial charge in [0, 0.05) is 5.56 Å². The van der Waals surface area contributed by atoms with Gasteiger partial charge in [0.15, 0.2) is 6.67 Å². The van der Waals surface area contributed by atoms with Crippen molar-refractivity contribution in [2.24, 2.45) is 11.8 Å². The number of carbonyl (C=O) groups is 2. The van der Waals surface area contributed by atoms with Crippen LogP contribution >= 0.6 is 0 Å². The number of nitrogens with one attached hydrogen (secondary N) is 2. The fourth-order valence-electron chi connectivity index (χ4n) is 4.69. The van der Waals surface area contributed by atoms with Crippen LogP contribution in [0.25, 0.3) is 0 Å². The lowest BCUT2D eigenvalue weighted by Crippen LogP contribution is -3.28. The molecule has 0 aromatic heterocycles. The number of piperazine rings is 1. The number of alkyl halides is 3. The van der Waals surface area contributed by atoms with E-state index in [1.165, 1.54) is 26.8 Å². The van der Waals surface area contributed by atoms with Gasteiger partial charge in [-0.3, -0.25) is 9.59 Å². The molecule has 2 N–H and O–H groups in total. The fraction of sp³-hybridized carbons (Fsp3) is 0.524. The van der Waals surface area contributed by atoms with E-state index >= 15 is 0 Å². The van der Waals surface area contributed by atoms with E-state index in [2.05, 4.69) is 0 Å². The zero-order chi connectivity index (χ0) is 20.6. The Morgan fingerprint density at radius 3 is 2.10 bits per heavy atom. The fourth-order valence-corrected chi connectivity index (χ4v) is 4.69. The standard InChI is InChI=1S/C21H24F3N3O2/c22-21(23,24)16-5-3-4-15(12-16)13-25-8-10-26(11-9-25)14-27-19(28)17-6-1-2-7-18(17)20(27)29/h1-5,12,17-18H,6-11,13-14H2/p+2/t17-,18-/m0/s1. The number of benzene rings is 1. The molecule has 0 bridgehead atoms. The van der Waals surface area contributed by atoms with Crippen LogP contribution in [0.5, 0.6) is 0 Å². The van der Waals surface area contributed by atoms with Crippen molar-refractivity contribution in [3.63, 3.8) is 0 Å². The maximum atomic E-state index is 12.9. The molecule has 156 valence electrons. The van der Waals surface area contributed by atoms with Gasteiger partial charge in [-0.2, -0.15) is 13.2 Å². The van der Waals surface area contributed by atoms with Crippen molar-refractivity contribution in [3.05, 3.63) is 47.5 Å². The van der Waals surface area contributed by atoms with Crippen molar-refractivity contribution in [2.45, 2.75) is 25.6 Å². The smallest absolute Gasteiger partial charge is 0.322 e. The Morgan fingerprint density at radius 2 is 1.52 bits per heavy atom. The SMILES string of the molecule is O=C1[C@H]2CC=CC[C@@H]2C(=O)N1C[NH+]1CC[NH+](Cc2cccc(C(F)(F)F)c2)CC1. The lowest BCUT2D eigenvalue weighted by molar-refractivity contribution is -1.02. The molecule has 0 radical (unpaired) electrons. The van der Waals surface area contributed by atoms with Crippen molar-refractivity contribution >= 4 is 11.8 Å². The summed E-state index contributed by atoms with van der Waals surface area (Å²) in [5, 5.41) is 0. The molecule has 0 saturated carbocycles. The van der Waals surface area contributed by atoms with Crippen LogP contribution < -0.4 is 9.80 Å². The first kappa shape index (κ1) is 20.1. The molecular formula is C21H26F3N3O2+2. The monoisotopic (exact) mass is 409 g/mol. The molecule has 1 aromatic carbocycles. The number of fused-ring (bicyclic) bond motifs is 1. The third-order valence-corrected chi connectivity index (χ3v) is 6.35. The summed E-state index contributed by atoms with van der Waals surface area (Å²) < 4.78 is 38.7. The van der Waals surface area contributed by atoms with Crippen molar-refractivity contribution < 1.29 is 32.6 Å². The van der Waals surface area contributed by atoms with E-state index in [0.717, 1.165) is 32.2 Å². The first-order valence-corrected chi connectivity index (χ1v) is 10.2. The van der Waals surface area contributed by atoms with Crippen LogP contribution in [0.15, 0.2) is 36.4 Å². The molecule has 2 heterocycles. The molecule has 1 aliphatic carbocycles. The second-order valence-electron chi connectivity index (χ2n) is 8.29. The molecule has 5 nitrogen and oxygen atoms in total. The minimum Gasteiger partial charge on any atom is -0.322 e. The van der Waals surface area contributed by atoms with Crippen molar-refractivity contribution in [1.82, 2.24) is 4.90 Å². The van der Waals surface area contributed by atoms with Crippen LogP contribution in [0, 0.1) is 11.8 Å². The van der Waals surface area contributed by atoms with E-state index in [1.807, 2.05) is 12.2 Å². The number of nitrogens with zero attached hydrogens (tertiary/aromatic N) is 1. The van der Waals surface area contributed by atoms with E-state index in [-0.39, 0.29) is 23.7 Å². The van der Waals surface area contributed by atoms with E-state index in [1.54, 1.807) is 6.07 Å². The van der Waals surface area contributed by atoms with E-state index < -0.39 is 11.7 Å². The molecule has 8 heteroatoms. The highest BCUT2D eigenvalue weighted by atomic mass is 19.4. The van der Waals surface area contributed by atoms with Crippen LogP contribution in [0.3, 0.4) is 0 Å². The Kier molecular flexibility index (Phi) is 5.48. The molecule has 2 atom stereocenters. The zero-order valence-corrected chi connectivity index (χ0v) is 16.2. The normalized spacial score (nSPS) is 30.0. The highest BCUT2D eigenvalue weighted by molar-refractivity contribution is 6.05. The van der Waals surface area contributed by atoms with Crippen LogP contribution in [0.4, 0.5) is 13.2 Å². The van der Waals surface area contributed by atoms with Gasteiger partial charge in [0.25, 0.3) is 0 Å². The van der Waals surface area contributed by atoms with E-state index in [4.69, 9.17) is 0 Å². The van der Waals surface area contributed by atoms with Crippen LogP contribution in [0.2, 0.25) is 0 Å². The molecule has 0 unspecified atom stereocenters. The van der Waals surface area contributed by atoms with Gasteiger partial charge in [-0.25, -0.2) is 4.90 Å². The summed E-state index contributed by atoms with van der Waals surface area (Å²) in [5.74, 6) is -0.481. The Balaban J connectivity index is 1.30. The highest BCUT2D eigenvalue weighted by Gasteiger charge is 2.48. The highest BCUT2D eigenvalue weighted by Crippen LogP contribution is 2.34. The van der Waals surface area contributed by atoms with E-state index in [0.29, 0.717) is 31.6 Å². The summed E-state index contributed by atoms with van der Waals surface area (Å²) in [4.78, 5) is 29.1. The Morgan fingerprint density at radius 1 is 0.931 bits per heavy atom. The molecule has 1 aromatic rings. The van der Waals surface area contributed by atoms with Gasteiger partial charge < -0.3 is 9.80 Å². The molecule has 2 fully saturated rings. The Hall–Kier alpha value is -2.19. The number of imide groups is 1. The van der Waals surface area contributed by atoms with E-state index in [9.17, 15) is 22.8 Å². The Labute approximate surface area is 167 Å². The van der Waals surface area contributed by atoms with Crippen molar-refractivity contribution in [3.8, 4) is 0 Å². The molecule has 3 aliphatic rings. The topological polar surface area (TPSA) is 46.3 Å². The molecule has 0 spiro atoms. The van der Waals surface area contributed by atoms with Crippen LogP contribution in [-0.4, -0.2) is 49.6 Å². The Bertz CT molecular complexity index is 790. The van der Waals surface area contributed by atoms with Gasteiger partial charge in [-0.05, 0) is 25.0 Å². The second kappa shape index (κ2) is 7.91. The summed E-state index contributed by atoms with van der Waals surface area (Å²) in [6.45, 7) is 4.14. The minimum absolute atomic E-state index is 0.0457. The van der Waals surface area contributed by atoms with Crippen molar-refractivity contribution in [2.75, 3.05) is 32.8 Å². The number of carbonyl (C=O) groups excluding carboxylic acids is 2. The largest absolute Gasteiger partial charge is 0.416 e. The summed E-state index contributed by atoms with van der Waals surface area (Å²) in [5.41, 5.74) is 0.0698. The minimum atomic E-state index is -4.32. The molecular weight excluding hydrogens is 383 g/mol. The van der Waals surface area contributed by atoms with Gasteiger partial charge >= 0.3 is 6.18 Å². The average molecular weight is 409 g/mol.